The van der Waals surface area contributed by atoms with Gasteiger partial charge in [0, 0.05) is 102 Å². The number of aryl methyl sites for hydroxylation is 1. The van der Waals surface area contributed by atoms with Crippen LogP contribution >= 0.6 is 22.7 Å². The van der Waals surface area contributed by atoms with E-state index in [2.05, 4.69) is 468 Å². The second-order valence-corrected chi connectivity index (χ2v) is 36.2. The standard InChI is InChI=1S/C122H78N4S2/c1-2-33-91-79(25-1)26-23-44-92(91)80-57-53-78(54-58-80)83-28-22-30-88(70-83)124-115-49-17-10-41-102(115)106-75-110-105-43-12-20-52-120(105)128-122(110)76-107(106)108-71-84(62-67-117(108)124)96-35-6-14-46-112(96)126-116-50-18-9-40-101(116)103-64-61-86(73-118(103)126)94-66-65-93(97-36-3-4-37-98(94)97)81-59-55-77(56-60-81)82-27-21-29-87(69-82)123(89-31-24-32-90(74-89)125-113-47-15-7-38-99(113)100-39-8-16-48-114(100)125)111-45-13-5-34-95(111)85-63-68-121-109(72-85)104-42-11-19-51-119(104)127-121/h1-60,62-63,65-76H,61,64H2. The highest BCUT2D eigenvalue weighted by Gasteiger charge is 2.31. The van der Waals surface area contributed by atoms with Crippen LogP contribution in [0.1, 0.15) is 23.2 Å². The maximum atomic E-state index is 2.57. The maximum absolute atomic E-state index is 2.57. The monoisotopic (exact) mass is 1660 g/mol. The molecule has 4 aromatic heterocycles. The van der Waals surface area contributed by atoms with Gasteiger partial charge >= 0.3 is 0 Å². The van der Waals surface area contributed by atoms with Crippen molar-refractivity contribution in [2.75, 3.05) is 9.80 Å². The molecule has 128 heavy (non-hydrogen) atoms. The Bertz CT molecular complexity index is 8670. The molecule has 0 atom stereocenters. The highest BCUT2D eigenvalue weighted by Crippen LogP contribution is 2.56. The summed E-state index contributed by atoms with van der Waals surface area (Å²) in [6, 6.07) is 166. The van der Waals surface area contributed by atoms with Crippen LogP contribution in [0.3, 0.4) is 0 Å². The number of nitrogens with zero attached hydrogens (tertiary/aromatic N) is 4. The number of allylic oxidation sites excluding steroid dienone is 1. The number of anilines is 6. The van der Waals surface area contributed by atoms with Crippen LogP contribution in [0, 0.1) is 0 Å². The molecule has 20 aromatic carbocycles. The van der Waals surface area contributed by atoms with E-state index in [-0.39, 0.29) is 0 Å². The predicted octanol–water partition coefficient (Wildman–Crippen LogP) is 34.8. The third-order valence-electron chi connectivity index (χ3n) is 27.0. The van der Waals surface area contributed by atoms with Gasteiger partial charge in [-0.15, -0.1) is 22.7 Å². The molecule has 1 aliphatic heterocycles. The molecule has 0 radical (unpaired) electrons. The number of rotatable bonds is 13. The van der Waals surface area contributed by atoms with E-state index in [0.717, 1.165) is 91.7 Å². The van der Waals surface area contributed by atoms with Crippen LogP contribution < -0.4 is 9.80 Å². The maximum Gasteiger partial charge on any atom is 0.0541 e. The summed E-state index contributed by atoms with van der Waals surface area (Å²) in [5.41, 5.74) is 36.5. The summed E-state index contributed by atoms with van der Waals surface area (Å²) < 4.78 is 10.2. The second-order valence-electron chi connectivity index (χ2n) is 34.0. The zero-order valence-corrected chi connectivity index (χ0v) is 71.4. The van der Waals surface area contributed by atoms with Gasteiger partial charge in [-0.3, -0.25) is 0 Å². The van der Waals surface area contributed by atoms with Gasteiger partial charge in [-0.05, 0) is 251 Å². The quantitative estimate of drug-likeness (QED) is 0.114. The zero-order valence-electron chi connectivity index (χ0n) is 69.7. The fourth-order valence-electron chi connectivity index (χ4n) is 21.1. The van der Waals surface area contributed by atoms with Gasteiger partial charge in [0.1, 0.15) is 0 Å². The molecule has 0 saturated heterocycles. The van der Waals surface area contributed by atoms with Crippen LogP contribution in [0.4, 0.5) is 34.1 Å². The minimum atomic E-state index is 0.911. The topological polar surface area (TPSA) is 16.3 Å². The molecule has 4 nitrogen and oxygen atoms in total. The highest BCUT2D eigenvalue weighted by molar-refractivity contribution is 7.26. The average molecular weight is 1660 g/mol. The first-order chi connectivity index (χ1) is 63.5. The molecule has 598 valence electrons. The number of hydrogen-bond acceptors (Lipinski definition) is 4. The van der Waals surface area contributed by atoms with Crippen LogP contribution in [-0.2, 0) is 6.42 Å². The minimum absolute atomic E-state index is 0.911. The molecule has 0 saturated carbocycles. The van der Waals surface area contributed by atoms with Crippen LogP contribution in [-0.4, -0.2) is 9.13 Å². The predicted molar refractivity (Wildman–Crippen MR) is 547 cm³/mol. The van der Waals surface area contributed by atoms with E-state index in [9.17, 15) is 0 Å². The lowest BCUT2D eigenvalue weighted by Gasteiger charge is -2.29. The van der Waals surface area contributed by atoms with E-state index in [0.29, 0.717) is 0 Å². The van der Waals surface area contributed by atoms with Crippen molar-refractivity contribution in [2.45, 2.75) is 12.8 Å². The molecule has 1 aliphatic carbocycles. The van der Waals surface area contributed by atoms with Crippen molar-refractivity contribution in [3.05, 3.63) is 460 Å². The van der Waals surface area contributed by atoms with Gasteiger partial charge in [0.05, 0.1) is 45.0 Å². The van der Waals surface area contributed by atoms with Crippen molar-refractivity contribution in [2.24, 2.45) is 0 Å². The molecule has 0 spiro atoms. The van der Waals surface area contributed by atoms with Crippen LogP contribution in [0.25, 0.3) is 207 Å². The van der Waals surface area contributed by atoms with Crippen LogP contribution in [0.5, 0.6) is 0 Å². The Morgan fingerprint density at radius 1 is 0.219 bits per heavy atom. The first kappa shape index (κ1) is 73.6. The van der Waals surface area contributed by atoms with Crippen molar-refractivity contribution < 1.29 is 0 Å². The zero-order chi connectivity index (χ0) is 84.0. The Balaban J connectivity index is 0.559. The lowest BCUT2D eigenvalue weighted by atomic mass is 9.86. The van der Waals surface area contributed by atoms with E-state index in [1.54, 1.807) is 0 Å². The Morgan fingerprint density at radius 3 is 1.44 bits per heavy atom. The number of aromatic nitrogens is 2. The van der Waals surface area contributed by atoms with Crippen molar-refractivity contribution in [3.63, 3.8) is 0 Å². The molecule has 0 amide bonds. The number of hydrogen-bond donors (Lipinski definition) is 0. The summed E-state index contributed by atoms with van der Waals surface area (Å²) in [5.74, 6) is 0. The Morgan fingerprint density at radius 2 is 0.695 bits per heavy atom. The first-order valence-electron chi connectivity index (χ1n) is 44.2. The average Bonchev–Trinajstić information content (AvgIpc) is 1.57. The van der Waals surface area contributed by atoms with Crippen LogP contribution in [0.2, 0.25) is 0 Å². The number of para-hydroxylation sites is 6. The number of fused-ring (bicyclic) bond motifs is 19. The second kappa shape index (κ2) is 29.9. The smallest absolute Gasteiger partial charge is 0.0541 e. The molecule has 0 bridgehead atoms. The van der Waals surface area contributed by atoms with Gasteiger partial charge in [0.25, 0.3) is 0 Å². The molecule has 0 N–H and O–H groups in total. The van der Waals surface area contributed by atoms with Gasteiger partial charge in [-0.1, -0.05) is 315 Å². The summed E-state index contributed by atoms with van der Waals surface area (Å²) in [7, 11) is 0. The molecule has 26 rings (SSSR count). The van der Waals surface area contributed by atoms with Gasteiger partial charge < -0.3 is 18.9 Å². The molecule has 0 fully saturated rings. The number of benzene rings is 20. The van der Waals surface area contributed by atoms with Gasteiger partial charge in [0.2, 0.25) is 0 Å². The van der Waals surface area contributed by atoms with E-state index >= 15 is 0 Å². The van der Waals surface area contributed by atoms with E-state index in [1.807, 2.05) is 22.7 Å². The summed E-state index contributed by atoms with van der Waals surface area (Å²) in [6.07, 6.45) is 4.35. The largest absolute Gasteiger partial charge is 0.310 e. The normalized spacial score (nSPS) is 12.5. The molecule has 0 unspecified atom stereocenters. The molecular weight excluding hydrogens is 1590 g/mol. The van der Waals surface area contributed by atoms with E-state index < -0.39 is 0 Å². The van der Waals surface area contributed by atoms with Crippen molar-refractivity contribution in [1.29, 1.82) is 0 Å². The van der Waals surface area contributed by atoms with E-state index in [1.165, 1.54) is 173 Å². The van der Waals surface area contributed by atoms with Crippen molar-refractivity contribution in [1.82, 2.24) is 9.13 Å². The summed E-state index contributed by atoms with van der Waals surface area (Å²) in [5, 5.41) is 13.9. The molecule has 24 aromatic rings. The third-order valence-corrected chi connectivity index (χ3v) is 29.3. The highest BCUT2D eigenvalue weighted by atomic mass is 32.1. The SMILES string of the molecule is C1=C(c2ccc(-c3ccc(-c4cccc(N(c5cccc(-n6c7ccccc7c7ccccc76)c5)c5ccccc5-c5ccc6sc7ccccc7c6c5)c4)cc3)c3ccccc23)CCc2c1n(-c1ccccc1-c1ccc3c(c1)-c1cc4sc5ccccc5c4cc1-c1ccccc1N3c1cccc(-c3ccc(-c4cccc5ccccc45)cc3)c1)c1ccccc21. The summed E-state index contributed by atoms with van der Waals surface area (Å²) in [4.78, 5) is 4.99. The lowest BCUT2D eigenvalue weighted by Crippen LogP contribution is -2.12. The van der Waals surface area contributed by atoms with Crippen LogP contribution in [0.15, 0.2) is 443 Å². The summed E-state index contributed by atoms with van der Waals surface area (Å²) >= 11 is 3.74. The van der Waals surface area contributed by atoms with Crippen molar-refractivity contribution in [3.8, 4) is 100 Å². The van der Waals surface area contributed by atoms with Gasteiger partial charge in [0.15, 0.2) is 0 Å². The Hall–Kier alpha value is -16.0. The van der Waals surface area contributed by atoms with Gasteiger partial charge in [-0.2, -0.15) is 0 Å². The third kappa shape index (κ3) is 12.0. The molecule has 2 aliphatic rings. The fourth-order valence-corrected chi connectivity index (χ4v) is 23.3. The minimum Gasteiger partial charge on any atom is -0.310 e. The van der Waals surface area contributed by atoms with Gasteiger partial charge in [-0.25, -0.2) is 0 Å². The Labute approximate surface area is 749 Å². The van der Waals surface area contributed by atoms with E-state index in [4.69, 9.17) is 0 Å². The van der Waals surface area contributed by atoms with Crippen molar-refractivity contribution >= 4 is 163 Å². The molecular formula is C122H78N4S2. The molecule has 6 heteroatoms. The first-order valence-corrected chi connectivity index (χ1v) is 45.8. The lowest BCUT2D eigenvalue weighted by molar-refractivity contribution is 0.982. The Kier molecular flexibility index (Phi) is 17.2. The summed E-state index contributed by atoms with van der Waals surface area (Å²) in [6.45, 7) is 0. The fraction of sp³-hybridized carbons (Fsp3) is 0.0164. The molecule has 5 heterocycles. The number of thiophene rings is 2.